The fourth-order valence-electron chi connectivity index (χ4n) is 5.55. The highest BCUT2D eigenvalue weighted by atomic mass is 79.9. The van der Waals surface area contributed by atoms with Crippen LogP contribution in [0.2, 0.25) is 51.4 Å². The van der Waals surface area contributed by atoms with Gasteiger partial charge >= 0.3 is 0 Å². The van der Waals surface area contributed by atoms with Gasteiger partial charge in [-0.15, -0.1) is 0 Å². The zero-order valence-corrected chi connectivity index (χ0v) is 28.1. The molecule has 2 heterocycles. The Balaban J connectivity index is 1.54. The normalized spacial score (nSPS) is 20.6. The van der Waals surface area contributed by atoms with Crippen LogP contribution in [0, 0.1) is 22.7 Å². The number of ether oxygens (including phenoxy) is 2. The van der Waals surface area contributed by atoms with E-state index in [1.807, 2.05) is 12.1 Å². The maximum atomic E-state index is 9.90. The van der Waals surface area contributed by atoms with E-state index >= 15 is 0 Å². The van der Waals surface area contributed by atoms with Gasteiger partial charge in [0.1, 0.15) is 30.7 Å². The molecule has 3 aromatic rings. The van der Waals surface area contributed by atoms with E-state index < -0.39 is 16.1 Å². The molecule has 2 atom stereocenters. The van der Waals surface area contributed by atoms with Gasteiger partial charge in [0, 0.05) is 45.1 Å². The summed E-state index contributed by atoms with van der Waals surface area (Å²) < 4.78 is 17.5. The van der Waals surface area contributed by atoms with E-state index in [4.69, 9.17) is 19.6 Å². The predicted molar refractivity (Wildman–Crippen MR) is 165 cm³/mol. The lowest BCUT2D eigenvalue weighted by atomic mass is 9.87. The average molecular weight is 629 g/mol. The molecule has 2 aliphatic rings. The number of halogens is 1. The molecular formula is C29H42BrN5O2Si2. The lowest BCUT2D eigenvalue weighted by Crippen LogP contribution is -2.23. The molecule has 0 bridgehead atoms. The predicted octanol–water partition coefficient (Wildman–Crippen LogP) is 7.28. The smallest absolute Gasteiger partial charge is 0.163 e. The van der Waals surface area contributed by atoms with Gasteiger partial charge in [-0.25, -0.2) is 9.67 Å². The van der Waals surface area contributed by atoms with Crippen LogP contribution in [0.5, 0.6) is 0 Å². The van der Waals surface area contributed by atoms with Crippen molar-refractivity contribution in [2.24, 2.45) is 11.3 Å². The van der Waals surface area contributed by atoms with E-state index in [-0.39, 0.29) is 0 Å². The Hall–Kier alpha value is -1.78. The first-order valence-corrected chi connectivity index (χ1v) is 22.3. The summed E-state index contributed by atoms with van der Waals surface area (Å²) in [4.78, 5) is 5.07. The number of rotatable bonds is 11. The zero-order valence-electron chi connectivity index (χ0n) is 24.5. The first-order chi connectivity index (χ1) is 18.3. The van der Waals surface area contributed by atoms with E-state index in [1.54, 1.807) is 0 Å². The molecule has 0 amide bonds. The SMILES string of the molecule is C[C@@]12Cc3c(c(-c4nc5c(C#N)cc(Br)cc5n4COCC[Si](C)(C)C)nn3COCC[Si](C)(C)C)C[C@@H]1C2. The Morgan fingerprint density at radius 2 is 1.74 bits per heavy atom. The quantitative estimate of drug-likeness (QED) is 0.165. The second-order valence-electron chi connectivity index (χ2n) is 14.2. The van der Waals surface area contributed by atoms with Crippen molar-refractivity contribution < 1.29 is 9.47 Å². The van der Waals surface area contributed by atoms with Gasteiger partial charge in [0.05, 0.1) is 11.1 Å². The monoisotopic (exact) mass is 627 g/mol. The van der Waals surface area contributed by atoms with Gasteiger partial charge in [0.2, 0.25) is 0 Å². The maximum Gasteiger partial charge on any atom is 0.163 e. The minimum Gasteiger partial charge on any atom is -0.361 e. The number of imidazole rings is 1. The third-order valence-corrected chi connectivity index (χ3v) is 12.2. The topological polar surface area (TPSA) is 77.9 Å². The van der Waals surface area contributed by atoms with E-state index in [0.717, 1.165) is 53.0 Å². The lowest BCUT2D eigenvalue weighted by molar-refractivity contribution is 0.0756. The number of nitrogens with zero attached hydrogens (tertiary/aromatic N) is 5. The maximum absolute atomic E-state index is 9.90. The van der Waals surface area contributed by atoms with E-state index in [1.165, 1.54) is 17.7 Å². The zero-order chi connectivity index (χ0) is 28.2. The number of fused-ring (bicyclic) bond motifs is 3. The summed E-state index contributed by atoms with van der Waals surface area (Å²) in [6, 6.07) is 8.45. The first-order valence-electron chi connectivity index (χ1n) is 14.1. The molecule has 210 valence electrons. The Morgan fingerprint density at radius 3 is 2.38 bits per heavy atom. The van der Waals surface area contributed by atoms with Gasteiger partial charge in [-0.3, -0.25) is 4.57 Å². The van der Waals surface area contributed by atoms with Gasteiger partial charge in [-0.1, -0.05) is 62.1 Å². The lowest BCUT2D eigenvalue weighted by Gasteiger charge is -2.20. The van der Waals surface area contributed by atoms with Gasteiger partial charge in [-0.2, -0.15) is 10.4 Å². The van der Waals surface area contributed by atoms with Crippen LogP contribution in [0.25, 0.3) is 22.6 Å². The molecule has 0 spiro atoms. The summed E-state index contributed by atoms with van der Waals surface area (Å²) in [5, 5.41) is 15.1. The first kappa shape index (κ1) is 28.7. The Morgan fingerprint density at radius 1 is 1.08 bits per heavy atom. The summed E-state index contributed by atoms with van der Waals surface area (Å²) in [7, 11) is -2.38. The number of benzene rings is 1. The van der Waals surface area contributed by atoms with Crippen molar-refractivity contribution >= 4 is 43.1 Å². The minimum absolute atomic E-state index is 0.374. The standard InChI is InChI=1S/C29H42BrN5O2Si2/c1-29-15-21(29)13-23-25(16-29)35(19-37-9-11-39(5,6)7)33-27(23)28-32-26-20(17-31)12-22(30)14-24(26)34(28)18-36-8-10-38(2,3)4/h12,14,21H,8-11,13,15-16,18-19H2,1-7H3/t21-,29-/m1/s1. The van der Waals surface area contributed by atoms with Crippen LogP contribution >= 0.6 is 15.9 Å². The molecular weight excluding hydrogens is 586 g/mol. The fourth-order valence-corrected chi connectivity index (χ4v) is 7.51. The highest BCUT2D eigenvalue weighted by Crippen LogP contribution is 2.60. The van der Waals surface area contributed by atoms with Crippen LogP contribution < -0.4 is 0 Å². The van der Waals surface area contributed by atoms with Crippen molar-refractivity contribution in [2.45, 2.75) is 91.0 Å². The summed E-state index contributed by atoms with van der Waals surface area (Å²) in [6.45, 7) is 19.0. The van der Waals surface area contributed by atoms with Gasteiger partial charge < -0.3 is 9.47 Å². The molecule has 7 nitrogen and oxygen atoms in total. The molecule has 10 heteroatoms. The summed E-state index contributed by atoms with van der Waals surface area (Å²) in [5.74, 6) is 1.48. The van der Waals surface area contributed by atoms with Crippen LogP contribution in [0.1, 0.15) is 30.2 Å². The van der Waals surface area contributed by atoms with Crippen LogP contribution in [-0.4, -0.2) is 48.7 Å². The summed E-state index contributed by atoms with van der Waals surface area (Å²) in [5.41, 5.74) is 6.02. The molecule has 1 aromatic carbocycles. The second-order valence-corrected chi connectivity index (χ2v) is 26.4. The molecule has 5 rings (SSSR count). The Kier molecular flexibility index (Phi) is 7.79. The number of hydrogen-bond acceptors (Lipinski definition) is 5. The highest BCUT2D eigenvalue weighted by Gasteiger charge is 2.54. The largest absolute Gasteiger partial charge is 0.361 e. The Bertz CT molecular complexity index is 1430. The van der Waals surface area contributed by atoms with E-state index in [9.17, 15) is 5.26 Å². The second kappa shape index (κ2) is 10.6. The van der Waals surface area contributed by atoms with E-state index in [0.29, 0.717) is 42.5 Å². The summed E-state index contributed by atoms with van der Waals surface area (Å²) in [6.07, 6.45) is 3.31. The third-order valence-electron chi connectivity index (χ3n) is 8.30. The molecule has 2 aromatic heterocycles. The van der Waals surface area contributed by atoms with Crippen LogP contribution in [0.4, 0.5) is 0 Å². The van der Waals surface area contributed by atoms with E-state index in [2.05, 4.69) is 77.5 Å². The van der Waals surface area contributed by atoms with Crippen LogP contribution in [0.15, 0.2) is 16.6 Å². The van der Waals surface area contributed by atoms with Crippen molar-refractivity contribution in [1.82, 2.24) is 19.3 Å². The molecule has 0 N–H and O–H groups in total. The molecule has 2 aliphatic carbocycles. The molecule has 1 saturated carbocycles. The molecule has 0 saturated heterocycles. The van der Waals surface area contributed by atoms with Crippen molar-refractivity contribution in [3.8, 4) is 17.6 Å². The van der Waals surface area contributed by atoms with Crippen LogP contribution in [0.3, 0.4) is 0 Å². The average Bonchev–Trinajstić information content (AvgIpc) is 3.19. The van der Waals surface area contributed by atoms with Crippen molar-refractivity contribution in [1.29, 1.82) is 5.26 Å². The molecule has 0 radical (unpaired) electrons. The van der Waals surface area contributed by atoms with Gasteiger partial charge in [-0.05, 0) is 54.8 Å². The summed E-state index contributed by atoms with van der Waals surface area (Å²) >= 11 is 3.60. The van der Waals surface area contributed by atoms with Gasteiger partial charge in [0.15, 0.2) is 5.82 Å². The highest BCUT2D eigenvalue weighted by molar-refractivity contribution is 9.10. The van der Waals surface area contributed by atoms with Crippen LogP contribution in [-0.2, 0) is 35.8 Å². The fraction of sp³-hybridized carbons (Fsp3) is 0.621. The van der Waals surface area contributed by atoms with Crippen molar-refractivity contribution in [3.05, 3.63) is 33.4 Å². The minimum atomic E-state index is -1.22. The molecule has 0 aliphatic heterocycles. The number of hydrogen-bond donors (Lipinski definition) is 0. The van der Waals surface area contributed by atoms with Crippen molar-refractivity contribution in [2.75, 3.05) is 13.2 Å². The molecule has 1 fully saturated rings. The van der Waals surface area contributed by atoms with Gasteiger partial charge in [0.25, 0.3) is 0 Å². The molecule has 0 unspecified atom stereocenters. The third kappa shape index (κ3) is 6.28. The van der Waals surface area contributed by atoms with Crippen molar-refractivity contribution in [3.63, 3.8) is 0 Å². The number of aromatic nitrogens is 4. The molecule has 39 heavy (non-hydrogen) atoms. The Labute approximate surface area is 243 Å². The number of nitriles is 1.